The highest BCUT2D eigenvalue weighted by molar-refractivity contribution is 5.89. The van der Waals surface area contributed by atoms with Crippen LogP contribution in [-0.2, 0) is 16.0 Å². The minimum absolute atomic E-state index is 0.0802. The summed E-state index contributed by atoms with van der Waals surface area (Å²) in [6.45, 7) is 10.3. The van der Waals surface area contributed by atoms with E-state index in [1.165, 1.54) is 12.1 Å². The molecule has 2 rings (SSSR count). The van der Waals surface area contributed by atoms with E-state index in [0.29, 0.717) is 18.9 Å². The van der Waals surface area contributed by atoms with Gasteiger partial charge in [-0.3, -0.25) is 14.5 Å². The first-order valence-corrected chi connectivity index (χ1v) is 9.23. The maximum Gasteiger partial charge on any atom is 0.237 e. The molecule has 1 fully saturated rings. The van der Waals surface area contributed by atoms with E-state index in [2.05, 4.69) is 29.4 Å². The molecule has 5 nitrogen and oxygen atoms in total. The number of carbonyl (C=O) groups excluding carboxylic acids is 2. The van der Waals surface area contributed by atoms with Crippen molar-refractivity contribution in [3.8, 4) is 0 Å². The Labute approximate surface area is 155 Å². The summed E-state index contributed by atoms with van der Waals surface area (Å²) < 4.78 is 13.0. The second-order valence-corrected chi connectivity index (χ2v) is 8.14. The summed E-state index contributed by atoms with van der Waals surface area (Å²) >= 11 is 0. The molecule has 26 heavy (non-hydrogen) atoms. The zero-order valence-corrected chi connectivity index (χ0v) is 16.1. The Kier molecular flexibility index (Phi) is 6.75. The van der Waals surface area contributed by atoms with Gasteiger partial charge < -0.3 is 10.6 Å². The van der Waals surface area contributed by atoms with Gasteiger partial charge in [0.2, 0.25) is 11.8 Å². The molecule has 2 N–H and O–H groups in total. The van der Waals surface area contributed by atoms with Crippen molar-refractivity contribution in [1.29, 1.82) is 0 Å². The Bertz CT molecular complexity index is 628. The molecule has 1 atom stereocenters. The fourth-order valence-electron chi connectivity index (χ4n) is 3.43. The molecule has 0 bridgehead atoms. The van der Waals surface area contributed by atoms with Gasteiger partial charge in [0, 0.05) is 25.2 Å². The molecule has 0 radical (unpaired) electrons. The third kappa shape index (κ3) is 6.09. The molecule has 0 saturated carbocycles. The van der Waals surface area contributed by atoms with E-state index in [4.69, 9.17) is 0 Å². The van der Waals surface area contributed by atoms with Crippen LogP contribution in [-0.4, -0.2) is 47.9 Å². The number of nitrogens with zero attached hydrogens (tertiary/aromatic N) is 1. The number of halogens is 1. The van der Waals surface area contributed by atoms with Gasteiger partial charge >= 0.3 is 0 Å². The highest BCUT2D eigenvalue weighted by atomic mass is 19.1. The van der Waals surface area contributed by atoms with Gasteiger partial charge in [-0.25, -0.2) is 4.39 Å². The summed E-state index contributed by atoms with van der Waals surface area (Å²) in [6, 6.07) is 5.87. The van der Waals surface area contributed by atoms with E-state index in [1.54, 1.807) is 12.1 Å². The van der Waals surface area contributed by atoms with Crippen molar-refractivity contribution in [3.05, 3.63) is 35.6 Å². The Morgan fingerprint density at radius 1 is 1.35 bits per heavy atom. The molecule has 2 amide bonds. The molecule has 0 aliphatic carbocycles. The van der Waals surface area contributed by atoms with Crippen molar-refractivity contribution in [3.63, 3.8) is 0 Å². The van der Waals surface area contributed by atoms with Crippen LogP contribution in [0.3, 0.4) is 0 Å². The number of nitrogens with one attached hydrogen (secondary N) is 2. The van der Waals surface area contributed by atoms with Gasteiger partial charge in [-0.1, -0.05) is 26.0 Å². The lowest BCUT2D eigenvalue weighted by Gasteiger charge is -2.36. The zero-order chi connectivity index (χ0) is 19.3. The second-order valence-electron chi connectivity index (χ2n) is 8.14. The van der Waals surface area contributed by atoms with E-state index in [1.807, 2.05) is 13.8 Å². The van der Waals surface area contributed by atoms with E-state index in [9.17, 15) is 14.0 Å². The predicted octanol–water partition coefficient (Wildman–Crippen LogP) is 2.11. The lowest BCUT2D eigenvalue weighted by molar-refractivity contribution is -0.134. The normalized spacial score (nSPS) is 18.7. The van der Waals surface area contributed by atoms with Crippen LogP contribution in [0, 0.1) is 11.7 Å². The van der Waals surface area contributed by atoms with Gasteiger partial charge in [-0.15, -0.1) is 0 Å². The van der Waals surface area contributed by atoms with Crippen LogP contribution in [0.1, 0.15) is 39.7 Å². The number of benzene rings is 1. The highest BCUT2D eigenvalue weighted by Crippen LogP contribution is 2.16. The number of rotatable bonds is 7. The van der Waals surface area contributed by atoms with Crippen LogP contribution < -0.4 is 10.6 Å². The average molecular weight is 363 g/mol. The summed E-state index contributed by atoms with van der Waals surface area (Å²) in [5, 5.41) is 5.87. The molecule has 6 heteroatoms. The number of amides is 2. The van der Waals surface area contributed by atoms with E-state index < -0.39 is 11.6 Å². The SMILES string of the molecule is CC(C)CN1CCNC(=O)[C@@H]1CC(=O)NC(C)(C)Cc1ccc(F)cc1. The molecule has 1 heterocycles. The van der Waals surface area contributed by atoms with Gasteiger partial charge in [-0.05, 0) is 43.9 Å². The van der Waals surface area contributed by atoms with E-state index in [0.717, 1.165) is 18.7 Å². The predicted molar refractivity (Wildman–Crippen MR) is 100 cm³/mol. The molecule has 1 aliphatic rings. The Balaban J connectivity index is 1.96. The molecule has 1 aromatic carbocycles. The van der Waals surface area contributed by atoms with Crippen LogP contribution in [0.5, 0.6) is 0 Å². The van der Waals surface area contributed by atoms with E-state index in [-0.39, 0.29) is 24.1 Å². The lowest BCUT2D eigenvalue weighted by atomic mass is 9.94. The van der Waals surface area contributed by atoms with Crippen LogP contribution in [0.2, 0.25) is 0 Å². The summed E-state index contributed by atoms with van der Waals surface area (Å²) in [5.74, 6) is -0.0677. The molecule has 0 aromatic heterocycles. The van der Waals surface area contributed by atoms with Crippen molar-refractivity contribution >= 4 is 11.8 Å². The topological polar surface area (TPSA) is 61.4 Å². The van der Waals surface area contributed by atoms with Crippen LogP contribution in [0.15, 0.2) is 24.3 Å². The molecule has 1 aromatic rings. The number of piperazine rings is 1. The minimum Gasteiger partial charge on any atom is -0.353 e. The number of hydrogen-bond acceptors (Lipinski definition) is 3. The molecule has 144 valence electrons. The first-order valence-electron chi connectivity index (χ1n) is 9.23. The molecule has 1 aliphatic heterocycles. The maximum absolute atomic E-state index is 13.0. The number of hydrogen-bond donors (Lipinski definition) is 2. The molecular formula is C20H30FN3O2. The fourth-order valence-corrected chi connectivity index (χ4v) is 3.43. The van der Waals surface area contributed by atoms with Crippen molar-refractivity contribution in [2.24, 2.45) is 5.92 Å². The molecule has 1 saturated heterocycles. The van der Waals surface area contributed by atoms with E-state index >= 15 is 0 Å². The van der Waals surface area contributed by atoms with Gasteiger partial charge in [0.25, 0.3) is 0 Å². The quantitative estimate of drug-likeness (QED) is 0.780. The Hall–Kier alpha value is -1.95. The van der Waals surface area contributed by atoms with Gasteiger partial charge in [0.1, 0.15) is 5.82 Å². The largest absolute Gasteiger partial charge is 0.353 e. The summed E-state index contributed by atoms with van der Waals surface area (Å²) in [6.07, 6.45) is 0.733. The molecule has 0 unspecified atom stereocenters. The molecular weight excluding hydrogens is 333 g/mol. The van der Waals surface area contributed by atoms with Crippen LogP contribution in [0.25, 0.3) is 0 Å². The smallest absolute Gasteiger partial charge is 0.237 e. The molecule has 0 spiro atoms. The summed E-state index contributed by atoms with van der Waals surface area (Å²) in [4.78, 5) is 26.9. The average Bonchev–Trinajstić information content (AvgIpc) is 2.52. The third-order valence-electron chi connectivity index (χ3n) is 4.46. The van der Waals surface area contributed by atoms with Gasteiger partial charge in [0.15, 0.2) is 0 Å². The maximum atomic E-state index is 13.0. The van der Waals surface area contributed by atoms with Gasteiger partial charge in [-0.2, -0.15) is 0 Å². The Morgan fingerprint density at radius 3 is 2.62 bits per heavy atom. The highest BCUT2D eigenvalue weighted by Gasteiger charge is 2.33. The zero-order valence-electron chi connectivity index (χ0n) is 16.1. The number of carbonyl (C=O) groups is 2. The van der Waals surface area contributed by atoms with Crippen LogP contribution >= 0.6 is 0 Å². The monoisotopic (exact) mass is 363 g/mol. The summed E-state index contributed by atoms with van der Waals surface area (Å²) in [5.41, 5.74) is 0.469. The standard InChI is InChI=1S/C20H30FN3O2/c1-14(2)13-24-10-9-22-19(26)17(24)11-18(25)23-20(3,4)12-15-5-7-16(21)8-6-15/h5-8,14,17H,9-13H2,1-4H3,(H,22,26)(H,23,25)/t17-/m0/s1. The second kappa shape index (κ2) is 8.62. The lowest BCUT2D eigenvalue weighted by Crippen LogP contribution is -2.58. The van der Waals surface area contributed by atoms with Crippen molar-refractivity contribution < 1.29 is 14.0 Å². The van der Waals surface area contributed by atoms with Gasteiger partial charge in [0.05, 0.1) is 12.5 Å². The Morgan fingerprint density at radius 2 is 2.00 bits per heavy atom. The summed E-state index contributed by atoms with van der Waals surface area (Å²) in [7, 11) is 0. The van der Waals surface area contributed by atoms with Crippen molar-refractivity contribution in [2.45, 2.75) is 52.1 Å². The van der Waals surface area contributed by atoms with Crippen molar-refractivity contribution in [1.82, 2.24) is 15.5 Å². The van der Waals surface area contributed by atoms with Crippen LogP contribution in [0.4, 0.5) is 4.39 Å². The first kappa shape index (κ1) is 20.4. The first-order chi connectivity index (χ1) is 12.2. The minimum atomic E-state index is -0.483. The fraction of sp³-hybridized carbons (Fsp3) is 0.600. The van der Waals surface area contributed by atoms with Crippen molar-refractivity contribution in [2.75, 3.05) is 19.6 Å². The third-order valence-corrected chi connectivity index (χ3v) is 4.46.